The fourth-order valence-corrected chi connectivity index (χ4v) is 3.21. The van der Waals surface area contributed by atoms with Crippen molar-refractivity contribution in [2.24, 2.45) is 0 Å². The molecule has 1 heterocycles. The Kier molecular flexibility index (Phi) is 7.91. The fourth-order valence-electron chi connectivity index (χ4n) is 3.21. The topological polar surface area (TPSA) is 106 Å². The van der Waals surface area contributed by atoms with Crippen molar-refractivity contribution in [1.82, 2.24) is 9.88 Å². The first-order valence-corrected chi connectivity index (χ1v) is 9.47. The Morgan fingerprint density at radius 3 is 2.27 bits per heavy atom. The van der Waals surface area contributed by atoms with Gasteiger partial charge in [-0.2, -0.15) is 0 Å². The van der Waals surface area contributed by atoms with Crippen LogP contribution in [0.2, 0.25) is 0 Å². The Balaban J connectivity index is 2.31. The number of amides is 1. The Labute approximate surface area is 175 Å². The number of H-pyrrole nitrogens is 1. The number of nitrogens with zero attached hydrogens (tertiary/aromatic N) is 1. The second kappa shape index (κ2) is 10.4. The van der Waals surface area contributed by atoms with E-state index >= 15 is 0 Å². The molecule has 8 nitrogen and oxygen atoms in total. The van der Waals surface area contributed by atoms with Crippen molar-refractivity contribution in [1.29, 1.82) is 0 Å². The van der Waals surface area contributed by atoms with Crippen LogP contribution in [0.1, 0.15) is 51.0 Å². The van der Waals surface area contributed by atoms with Crippen molar-refractivity contribution in [3.05, 3.63) is 58.4 Å². The van der Waals surface area contributed by atoms with Crippen LogP contribution in [-0.4, -0.2) is 54.3 Å². The summed E-state index contributed by atoms with van der Waals surface area (Å²) in [4.78, 5) is 53.2. The van der Waals surface area contributed by atoms with E-state index in [2.05, 4.69) is 9.72 Å². The molecule has 0 aliphatic rings. The largest absolute Gasteiger partial charge is 0.469 e. The van der Waals surface area contributed by atoms with Crippen LogP contribution in [0.25, 0.3) is 0 Å². The van der Waals surface area contributed by atoms with E-state index in [0.29, 0.717) is 17.8 Å². The van der Waals surface area contributed by atoms with Gasteiger partial charge in [-0.1, -0.05) is 30.3 Å². The smallest absolute Gasteiger partial charge is 0.339 e. The summed E-state index contributed by atoms with van der Waals surface area (Å²) in [6.07, 6.45) is -0.103. The zero-order chi connectivity index (χ0) is 22.3. The summed E-state index contributed by atoms with van der Waals surface area (Å²) < 4.78 is 9.50. The molecular weight excluding hydrogens is 388 g/mol. The van der Waals surface area contributed by atoms with Gasteiger partial charge in [0.2, 0.25) is 5.91 Å². The van der Waals surface area contributed by atoms with Gasteiger partial charge in [0.15, 0.2) is 5.78 Å². The maximum Gasteiger partial charge on any atom is 0.339 e. The van der Waals surface area contributed by atoms with Crippen molar-refractivity contribution in [2.45, 2.75) is 33.2 Å². The second-order valence-corrected chi connectivity index (χ2v) is 6.83. The molecule has 0 spiro atoms. The molecule has 0 aliphatic carbocycles. The molecular formula is C22H26N2O6. The fraction of sp³-hybridized carbons (Fsp3) is 0.364. The van der Waals surface area contributed by atoms with Crippen molar-refractivity contribution in [3.63, 3.8) is 0 Å². The lowest BCUT2D eigenvalue weighted by atomic mass is 10.1. The SMILES string of the molecule is COC(=O)CCN(Cc1ccccc1)C(=O)Cc1[nH]c(C(C)=O)c(C)c1C(=O)OC. The van der Waals surface area contributed by atoms with E-state index in [1.165, 1.54) is 26.0 Å². The van der Waals surface area contributed by atoms with Gasteiger partial charge in [-0.25, -0.2) is 4.79 Å². The number of carbonyl (C=O) groups is 4. The number of esters is 2. The van der Waals surface area contributed by atoms with Gasteiger partial charge in [0.1, 0.15) is 0 Å². The molecule has 8 heteroatoms. The molecule has 0 saturated carbocycles. The number of benzene rings is 1. The standard InChI is InChI=1S/C22H26N2O6/c1-14-20(22(28)30-4)17(23-21(14)15(2)25)12-18(26)24(11-10-19(27)29-3)13-16-8-6-5-7-9-16/h5-9,23H,10-13H2,1-4H3. The predicted molar refractivity (Wildman–Crippen MR) is 109 cm³/mol. The van der Waals surface area contributed by atoms with E-state index in [0.717, 1.165) is 5.56 Å². The van der Waals surface area contributed by atoms with Gasteiger partial charge in [-0.3, -0.25) is 14.4 Å². The molecule has 0 atom stereocenters. The highest BCUT2D eigenvalue weighted by Gasteiger charge is 2.26. The van der Waals surface area contributed by atoms with Gasteiger partial charge in [0.05, 0.1) is 38.3 Å². The molecule has 2 rings (SSSR count). The highest BCUT2D eigenvalue weighted by Crippen LogP contribution is 2.21. The average molecular weight is 414 g/mol. The van der Waals surface area contributed by atoms with E-state index < -0.39 is 11.9 Å². The summed E-state index contributed by atoms with van der Waals surface area (Å²) in [6, 6.07) is 9.36. The molecule has 1 aromatic heterocycles. The number of hydrogen-bond donors (Lipinski definition) is 1. The number of methoxy groups -OCH3 is 2. The summed E-state index contributed by atoms with van der Waals surface area (Å²) in [6.45, 7) is 3.46. The van der Waals surface area contributed by atoms with Gasteiger partial charge in [-0.15, -0.1) is 0 Å². The van der Waals surface area contributed by atoms with Crippen LogP contribution in [0.15, 0.2) is 30.3 Å². The first kappa shape index (κ1) is 22.9. The minimum atomic E-state index is -0.622. The lowest BCUT2D eigenvalue weighted by molar-refractivity contribution is -0.141. The number of ether oxygens (including phenoxy) is 2. The van der Waals surface area contributed by atoms with Gasteiger partial charge in [0.25, 0.3) is 0 Å². The minimum absolute atomic E-state index is 0.0430. The van der Waals surface area contributed by atoms with E-state index in [1.54, 1.807) is 6.92 Å². The lowest BCUT2D eigenvalue weighted by Gasteiger charge is -2.22. The molecule has 0 radical (unpaired) electrons. The number of ketones is 1. The summed E-state index contributed by atoms with van der Waals surface area (Å²) in [5.41, 5.74) is 2.11. The van der Waals surface area contributed by atoms with Crippen molar-refractivity contribution < 1.29 is 28.7 Å². The number of hydrogen-bond acceptors (Lipinski definition) is 6. The van der Waals surface area contributed by atoms with E-state index in [-0.39, 0.29) is 42.3 Å². The number of aromatic amines is 1. The van der Waals surface area contributed by atoms with Gasteiger partial charge in [-0.05, 0) is 18.1 Å². The minimum Gasteiger partial charge on any atom is -0.469 e. The summed E-state index contributed by atoms with van der Waals surface area (Å²) >= 11 is 0. The van der Waals surface area contributed by atoms with Gasteiger partial charge in [0, 0.05) is 25.7 Å². The third-order valence-corrected chi connectivity index (χ3v) is 4.78. The maximum absolute atomic E-state index is 13.1. The number of Topliss-reactive ketones (excluding diaryl/α,β-unsaturated/α-hetero) is 1. The van der Waals surface area contributed by atoms with Crippen molar-refractivity contribution >= 4 is 23.6 Å². The monoisotopic (exact) mass is 414 g/mol. The van der Waals surface area contributed by atoms with E-state index in [9.17, 15) is 19.2 Å². The van der Waals surface area contributed by atoms with Gasteiger partial charge < -0.3 is 19.4 Å². The van der Waals surface area contributed by atoms with Crippen molar-refractivity contribution in [3.8, 4) is 0 Å². The highest BCUT2D eigenvalue weighted by molar-refractivity contribution is 6.01. The molecule has 1 amide bonds. The first-order valence-electron chi connectivity index (χ1n) is 9.47. The molecule has 160 valence electrons. The van der Waals surface area contributed by atoms with Crippen LogP contribution in [0.3, 0.4) is 0 Å². The molecule has 0 saturated heterocycles. The average Bonchev–Trinajstić information content (AvgIpc) is 3.06. The number of carbonyl (C=O) groups excluding carboxylic acids is 4. The molecule has 1 N–H and O–H groups in total. The van der Waals surface area contributed by atoms with Crippen LogP contribution in [-0.2, 0) is 32.0 Å². The van der Waals surface area contributed by atoms with Gasteiger partial charge >= 0.3 is 11.9 Å². The second-order valence-electron chi connectivity index (χ2n) is 6.83. The molecule has 0 unspecified atom stereocenters. The third-order valence-electron chi connectivity index (χ3n) is 4.78. The Bertz CT molecular complexity index is 933. The van der Waals surface area contributed by atoms with Crippen LogP contribution < -0.4 is 0 Å². The summed E-state index contributed by atoms with van der Waals surface area (Å²) in [5, 5.41) is 0. The first-order chi connectivity index (χ1) is 14.3. The number of aromatic nitrogens is 1. The van der Waals surface area contributed by atoms with Crippen molar-refractivity contribution in [2.75, 3.05) is 20.8 Å². The zero-order valence-electron chi connectivity index (χ0n) is 17.6. The molecule has 0 aliphatic heterocycles. The summed E-state index contributed by atoms with van der Waals surface area (Å²) in [7, 11) is 2.53. The maximum atomic E-state index is 13.1. The van der Waals surface area contributed by atoms with Crippen LogP contribution >= 0.6 is 0 Å². The van der Waals surface area contributed by atoms with Crippen LogP contribution in [0, 0.1) is 6.92 Å². The molecule has 1 aromatic carbocycles. The lowest BCUT2D eigenvalue weighted by Crippen LogP contribution is -2.34. The molecule has 0 bridgehead atoms. The number of nitrogens with one attached hydrogen (secondary N) is 1. The Morgan fingerprint density at radius 2 is 1.70 bits per heavy atom. The quantitative estimate of drug-likeness (QED) is 0.499. The van der Waals surface area contributed by atoms with E-state index in [4.69, 9.17) is 4.74 Å². The Hall–Kier alpha value is -3.42. The molecule has 30 heavy (non-hydrogen) atoms. The van der Waals surface area contributed by atoms with Crippen LogP contribution in [0.5, 0.6) is 0 Å². The normalized spacial score (nSPS) is 10.4. The van der Waals surface area contributed by atoms with Crippen LogP contribution in [0.4, 0.5) is 0 Å². The predicted octanol–water partition coefficient (Wildman–Crippen LogP) is 2.45. The third kappa shape index (κ3) is 5.56. The molecule has 2 aromatic rings. The summed E-state index contributed by atoms with van der Waals surface area (Å²) in [5.74, 6) is -1.60. The zero-order valence-corrected chi connectivity index (χ0v) is 17.6. The molecule has 0 fully saturated rings. The Morgan fingerprint density at radius 1 is 1.03 bits per heavy atom. The highest BCUT2D eigenvalue weighted by atomic mass is 16.5. The van der Waals surface area contributed by atoms with E-state index in [1.807, 2.05) is 30.3 Å². The number of rotatable bonds is 9.